The van der Waals surface area contributed by atoms with Gasteiger partial charge in [0.2, 0.25) is 18.6 Å². The minimum absolute atomic E-state index is 0.0260. The van der Waals surface area contributed by atoms with Crippen molar-refractivity contribution >= 4 is 39.4 Å². The highest BCUT2D eigenvalue weighted by Crippen LogP contribution is 2.32. The molecule has 14 nitrogen and oxygen atoms in total. The van der Waals surface area contributed by atoms with E-state index in [4.69, 9.17) is 21.1 Å². The van der Waals surface area contributed by atoms with Crippen molar-refractivity contribution < 1.29 is 27.5 Å². The second-order valence-corrected chi connectivity index (χ2v) is 12.1. The number of nitrogens with zero attached hydrogens (tertiary/aromatic N) is 6. The zero-order valence-corrected chi connectivity index (χ0v) is 24.7. The largest absolute Gasteiger partial charge is 0.454 e. The molecule has 6 rings (SSSR count). The Balaban J connectivity index is 1.20. The molecule has 44 heavy (non-hydrogen) atoms. The van der Waals surface area contributed by atoms with Crippen LogP contribution in [0.3, 0.4) is 0 Å². The molecule has 2 N–H and O–H groups in total. The average Bonchev–Trinajstić information content (AvgIpc) is 3.73. The van der Waals surface area contributed by atoms with E-state index in [0.717, 1.165) is 5.56 Å². The first kappa shape index (κ1) is 29.2. The van der Waals surface area contributed by atoms with Crippen LogP contribution in [0, 0.1) is 0 Å². The summed E-state index contributed by atoms with van der Waals surface area (Å²) in [7, 11) is -4.10. The molecule has 1 fully saturated rings. The maximum atomic E-state index is 13.2. The number of ether oxygens (including phenoxy) is 2. The molecule has 2 aliphatic rings. The average molecular weight is 639 g/mol. The minimum Gasteiger partial charge on any atom is -0.454 e. The highest BCUT2D eigenvalue weighted by Gasteiger charge is 2.34. The van der Waals surface area contributed by atoms with Crippen molar-refractivity contribution in [1.82, 2.24) is 34.5 Å². The highest BCUT2D eigenvalue weighted by atomic mass is 35.5. The van der Waals surface area contributed by atoms with Gasteiger partial charge < -0.3 is 24.6 Å². The second-order valence-electron chi connectivity index (χ2n) is 10.0. The molecule has 3 amide bonds. The predicted molar refractivity (Wildman–Crippen MR) is 158 cm³/mol. The molecule has 1 unspecified atom stereocenters. The fraction of sp³-hybridized carbons (Fsp3) is 0.250. The van der Waals surface area contributed by atoms with Gasteiger partial charge in [0.1, 0.15) is 17.3 Å². The summed E-state index contributed by atoms with van der Waals surface area (Å²) in [5, 5.41) is 3.09. The van der Waals surface area contributed by atoms with Crippen LogP contribution in [0.25, 0.3) is 5.95 Å². The van der Waals surface area contributed by atoms with Gasteiger partial charge >= 0.3 is 6.03 Å². The topological polar surface area (TPSA) is 161 Å². The minimum atomic E-state index is -4.10. The fourth-order valence-corrected chi connectivity index (χ4v) is 6.09. The van der Waals surface area contributed by atoms with E-state index in [9.17, 15) is 18.0 Å². The lowest BCUT2D eigenvalue weighted by atomic mass is 10.1. The number of sulfonamides is 1. The Morgan fingerprint density at radius 3 is 2.64 bits per heavy atom. The molecule has 228 valence electrons. The van der Waals surface area contributed by atoms with Crippen LogP contribution in [0.5, 0.6) is 11.5 Å². The number of hydrogen-bond acceptors (Lipinski definition) is 10. The monoisotopic (exact) mass is 638 g/mol. The summed E-state index contributed by atoms with van der Waals surface area (Å²) in [5.41, 5.74) is 0.822. The van der Waals surface area contributed by atoms with E-state index in [1.165, 1.54) is 23.4 Å². The number of imidazole rings is 1. The number of nitrogens with one attached hydrogen (secondary N) is 2. The first-order valence-corrected chi connectivity index (χ1v) is 15.4. The predicted octanol–water partition coefficient (Wildman–Crippen LogP) is 2.34. The van der Waals surface area contributed by atoms with Crippen LogP contribution in [0.2, 0.25) is 5.15 Å². The van der Waals surface area contributed by atoms with E-state index >= 15 is 0 Å². The number of benzene rings is 2. The summed E-state index contributed by atoms with van der Waals surface area (Å²) in [6.07, 6.45) is 4.76. The van der Waals surface area contributed by atoms with E-state index in [0.29, 0.717) is 17.3 Å². The third kappa shape index (κ3) is 6.53. The molecule has 0 spiro atoms. The number of anilines is 1. The fourth-order valence-electron chi connectivity index (χ4n) is 4.93. The lowest BCUT2D eigenvalue weighted by molar-refractivity contribution is -0.121. The summed E-state index contributed by atoms with van der Waals surface area (Å²) in [5.74, 6) is 1.69. The summed E-state index contributed by atoms with van der Waals surface area (Å²) in [6, 6.07) is 13.2. The third-order valence-electron chi connectivity index (χ3n) is 7.09. The Morgan fingerprint density at radius 2 is 1.84 bits per heavy atom. The van der Waals surface area contributed by atoms with Crippen LogP contribution in [-0.2, 0) is 21.4 Å². The van der Waals surface area contributed by atoms with Gasteiger partial charge in [0.15, 0.2) is 11.5 Å². The number of fused-ring (bicyclic) bond motifs is 1. The Kier molecular flexibility index (Phi) is 8.21. The molecule has 1 saturated heterocycles. The molecule has 1 atom stereocenters. The van der Waals surface area contributed by atoms with Gasteiger partial charge in [-0.3, -0.25) is 9.36 Å². The van der Waals surface area contributed by atoms with Crippen molar-refractivity contribution in [3.63, 3.8) is 0 Å². The number of urea groups is 1. The van der Waals surface area contributed by atoms with Crippen molar-refractivity contribution in [1.29, 1.82) is 0 Å². The van der Waals surface area contributed by atoms with Crippen molar-refractivity contribution in [2.75, 3.05) is 31.3 Å². The van der Waals surface area contributed by atoms with Crippen LogP contribution < -0.4 is 24.4 Å². The molecule has 4 aromatic rings. The Morgan fingerprint density at radius 1 is 1.02 bits per heavy atom. The van der Waals surface area contributed by atoms with Gasteiger partial charge in [-0.15, -0.1) is 0 Å². The maximum Gasteiger partial charge on any atom is 0.331 e. The molecular weight excluding hydrogens is 612 g/mol. The standard InChI is InChI=1S/C28H27ClN8O6S/c29-24-14-25(33-27(32-24)36-9-8-30-17-36)37-11-10-35(28(39)34-44(40,41)21-4-2-1-3-5-21)16-20(37)13-26(38)31-15-19-6-7-22-23(12-19)43-18-42-22/h1-9,12,14,17,20H,10-11,13,15-16,18H2,(H,31,38)(H,34,39). The van der Waals surface area contributed by atoms with Gasteiger partial charge in [0, 0.05) is 51.1 Å². The van der Waals surface area contributed by atoms with Gasteiger partial charge in [-0.25, -0.2) is 27.9 Å². The number of aromatic nitrogens is 4. The zero-order chi connectivity index (χ0) is 30.7. The van der Waals surface area contributed by atoms with Crippen molar-refractivity contribution in [2.24, 2.45) is 0 Å². The molecule has 2 aromatic carbocycles. The van der Waals surface area contributed by atoms with Gasteiger partial charge in [-0.2, -0.15) is 4.98 Å². The summed E-state index contributed by atoms with van der Waals surface area (Å²) >= 11 is 6.36. The second kappa shape index (κ2) is 12.4. The van der Waals surface area contributed by atoms with Crippen LogP contribution in [0.1, 0.15) is 12.0 Å². The molecule has 16 heteroatoms. The Hall–Kier alpha value is -4.89. The number of carbonyl (C=O) groups is 2. The molecule has 0 aliphatic carbocycles. The molecule has 0 saturated carbocycles. The number of rotatable bonds is 8. The molecule has 0 bridgehead atoms. The summed E-state index contributed by atoms with van der Waals surface area (Å²) in [6.45, 7) is 0.833. The van der Waals surface area contributed by atoms with Gasteiger partial charge in [-0.1, -0.05) is 35.9 Å². The maximum absolute atomic E-state index is 13.2. The molecule has 0 radical (unpaired) electrons. The van der Waals surface area contributed by atoms with Crippen LogP contribution in [0.4, 0.5) is 10.6 Å². The first-order valence-electron chi connectivity index (χ1n) is 13.6. The van der Waals surface area contributed by atoms with Gasteiger partial charge in [-0.05, 0) is 29.8 Å². The van der Waals surface area contributed by atoms with Crippen molar-refractivity contribution in [3.05, 3.63) is 84.0 Å². The number of amides is 3. The quantitative estimate of drug-likeness (QED) is 0.274. The van der Waals surface area contributed by atoms with Crippen LogP contribution >= 0.6 is 11.6 Å². The lowest BCUT2D eigenvalue weighted by Crippen LogP contribution is -2.58. The van der Waals surface area contributed by atoms with E-state index in [-0.39, 0.29) is 61.3 Å². The molecule has 2 aliphatic heterocycles. The van der Waals surface area contributed by atoms with Gasteiger partial charge in [0.05, 0.1) is 10.9 Å². The van der Waals surface area contributed by atoms with Gasteiger partial charge in [0.25, 0.3) is 10.0 Å². The SMILES string of the molecule is O=C(CC1CN(C(=O)NS(=O)(=O)c2ccccc2)CCN1c1cc(Cl)nc(-n2ccnc2)n1)NCc1ccc2c(c1)OCO2. The number of carbonyl (C=O) groups excluding carboxylic acids is 2. The normalized spacial score (nSPS) is 16.1. The molecule has 2 aromatic heterocycles. The molecular formula is C28H27ClN8O6S. The van der Waals surface area contributed by atoms with E-state index < -0.39 is 22.1 Å². The smallest absolute Gasteiger partial charge is 0.331 e. The summed E-state index contributed by atoms with van der Waals surface area (Å²) in [4.78, 5) is 42.5. The van der Waals surface area contributed by atoms with E-state index in [2.05, 4.69) is 25.0 Å². The first-order chi connectivity index (χ1) is 21.2. The number of hydrogen-bond donors (Lipinski definition) is 2. The Labute approximate surface area is 257 Å². The summed E-state index contributed by atoms with van der Waals surface area (Å²) < 4.78 is 40.1. The Bertz CT molecular complexity index is 1770. The van der Waals surface area contributed by atoms with E-state index in [1.54, 1.807) is 53.4 Å². The third-order valence-corrected chi connectivity index (χ3v) is 8.62. The lowest BCUT2D eigenvalue weighted by Gasteiger charge is -2.41. The number of halogens is 1. The van der Waals surface area contributed by atoms with Crippen LogP contribution in [-0.4, -0.2) is 77.2 Å². The number of piperazine rings is 1. The van der Waals surface area contributed by atoms with Crippen LogP contribution in [0.15, 0.2) is 78.2 Å². The molecule has 4 heterocycles. The van der Waals surface area contributed by atoms with Crippen molar-refractivity contribution in [2.45, 2.75) is 23.9 Å². The van der Waals surface area contributed by atoms with Crippen molar-refractivity contribution in [3.8, 4) is 17.4 Å². The zero-order valence-electron chi connectivity index (χ0n) is 23.2. The van der Waals surface area contributed by atoms with E-state index in [1.807, 2.05) is 11.0 Å². The highest BCUT2D eigenvalue weighted by molar-refractivity contribution is 7.90.